The van der Waals surface area contributed by atoms with E-state index in [9.17, 15) is 9.18 Å². The third kappa shape index (κ3) is 5.31. The van der Waals surface area contributed by atoms with Crippen LogP contribution in [0.15, 0.2) is 30.0 Å². The maximum Gasteiger partial charge on any atom is 0.318 e. The van der Waals surface area contributed by atoms with Crippen molar-refractivity contribution < 1.29 is 18.7 Å². The van der Waals surface area contributed by atoms with E-state index in [1.165, 1.54) is 0 Å². The number of rotatable bonds is 5. The lowest BCUT2D eigenvalue weighted by Crippen LogP contribution is -2.53. The van der Waals surface area contributed by atoms with E-state index in [0.29, 0.717) is 69.2 Å². The molecule has 11 nitrogen and oxygen atoms in total. The van der Waals surface area contributed by atoms with Crippen LogP contribution in [0.4, 0.5) is 10.2 Å². The molecule has 2 aromatic heterocycles. The number of aryl methyl sites for hydroxylation is 1. The Hall–Kier alpha value is -3.51. The minimum atomic E-state index is -0.825. The summed E-state index contributed by atoms with van der Waals surface area (Å²) in [7, 11) is 3.49. The molecular weight excluding hydrogens is 599 g/mol. The summed E-state index contributed by atoms with van der Waals surface area (Å²) in [6.45, 7) is 6.53. The van der Waals surface area contributed by atoms with Gasteiger partial charge in [-0.25, -0.2) is 4.39 Å². The maximum atomic E-state index is 14.6. The van der Waals surface area contributed by atoms with Gasteiger partial charge < -0.3 is 25.0 Å². The first kappa shape index (κ1) is 30.8. The second-order valence-corrected chi connectivity index (χ2v) is 15.0. The van der Waals surface area contributed by atoms with E-state index < -0.39 is 11.8 Å². The van der Waals surface area contributed by atoms with Crippen molar-refractivity contribution in [2.24, 2.45) is 23.5 Å². The average molecular weight is 647 g/mol. The second kappa shape index (κ2) is 11.6. The Labute approximate surface area is 276 Å². The van der Waals surface area contributed by atoms with Gasteiger partial charge in [-0.3, -0.25) is 14.4 Å². The van der Waals surface area contributed by atoms with Crippen LogP contribution in [0.3, 0.4) is 0 Å². The molecule has 47 heavy (non-hydrogen) atoms. The SMILES string of the molecule is C[C@H]1CC[C@]2(Cc3nc(OC[C@@]45CCCN4C[C@H](F)C5)nc(N4CCCn5nc(C(=O)N(C)C)cc5C4)c3CO2)C2C=C(N)C=CC21. The van der Waals surface area contributed by atoms with Crippen LogP contribution in [0.2, 0.25) is 0 Å². The second-order valence-electron chi connectivity index (χ2n) is 15.0. The number of aromatic nitrogens is 4. The first-order chi connectivity index (χ1) is 22.6. The lowest BCUT2D eigenvalue weighted by Gasteiger charge is -2.51. The molecule has 12 heteroatoms. The number of ether oxygens (including phenoxy) is 2. The van der Waals surface area contributed by atoms with Crippen molar-refractivity contribution >= 4 is 11.7 Å². The quantitative estimate of drug-likeness (QED) is 0.520. The van der Waals surface area contributed by atoms with E-state index in [1.807, 2.05) is 16.8 Å². The molecule has 0 bridgehead atoms. The minimum Gasteiger partial charge on any atom is -0.461 e. The number of alkyl halides is 1. The molecular formula is C35H47FN8O3. The van der Waals surface area contributed by atoms with Crippen molar-refractivity contribution in [1.29, 1.82) is 0 Å². The number of halogens is 1. The van der Waals surface area contributed by atoms with Gasteiger partial charge >= 0.3 is 6.01 Å². The van der Waals surface area contributed by atoms with Crippen molar-refractivity contribution in [1.82, 2.24) is 29.5 Å². The number of amides is 1. The molecule has 6 aliphatic rings. The number of nitrogens with zero attached hydrogens (tertiary/aromatic N) is 7. The fraction of sp³-hybridized carbons (Fsp3) is 0.657. The molecule has 1 spiro atoms. The molecule has 2 aromatic rings. The predicted molar refractivity (Wildman–Crippen MR) is 175 cm³/mol. The maximum absolute atomic E-state index is 14.6. The summed E-state index contributed by atoms with van der Waals surface area (Å²) in [5.74, 6) is 1.77. The molecule has 3 fully saturated rings. The summed E-state index contributed by atoms with van der Waals surface area (Å²) in [6.07, 6.45) is 11.7. The minimum absolute atomic E-state index is 0.110. The van der Waals surface area contributed by atoms with Gasteiger partial charge in [0.25, 0.3) is 5.91 Å². The van der Waals surface area contributed by atoms with Gasteiger partial charge in [0, 0.05) is 63.7 Å². The molecule has 0 aromatic carbocycles. The Balaban J connectivity index is 1.15. The first-order valence-corrected chi connectivity index (χ1v) is 17.4. The van der Waals surface area contributed by atoms with Gasteiger partial charge in [0.05, 0.1) is 35.7 Å². The predicted octanol–water partition coefficient (Wildman–Crippen LogP) is 3.63. The van der Waals surface area contributed by atoms with Crippen LogP contribution in [-0.4, -0.2) is 93.1 Å². The molecule has 2 saturated heterocycles. The molecule has 6 heterocycles. The standard InChI is InChI=1S/C35H47FN8O3/c1-22-8-10-35(28-14-24(37)6-7-26(22)28)17-30-27(20-47-35)31(39-33(38-30)46-21-34-9-4-12-43(34)18-23(36)16-34)42-11-5-13-44-25(19-42)15-29(40-44)32(45)41(2)3/h6-7,14-15,22-23,26,28H,4-5,8-13,16-21,37H2,1-3H3/t22-,23+,26?,28?,34-,35-/m0/s1. The third-order valence-electron chi connectivity index (χ3n) is 11.8. The van der Waals surface area contributed by atoms with Gasteiger partial charge in [-0.2, -0.15) is 15.1 Å². The highest BCUT2D eigenvalue weighted by Crippen LogP contribution is 2.51. The van der Waals surface area contributed by atoms with Gasteiger partial charge in [-0.05, 0) is 62.6 Å². The molecule has 4 aliphatic heterocycles. The summed E-state index contributed by atoms with van der Waals surface area (Å²) >= 11 is 0. The molecule has 252 valence electrons. The number of nitrogens with two attached hydrogens (primary N) is 1. The van der Waals surface area contributed by atoms with Crippen molar-refractivity contribution in [2.75, 3.05) is 45.2 Å². The molecule has 0 radical (unpaired) electrons. The lowest BCUT2D eigenvalue weighted by molar-refractivity contribution is -0.134. The Kier molecular flexibility index (Phi) is 7.59. The first-order valence-electron chi connectivity index (χ1n) is 17.4. The van der Waals surface area contributed by atoms with Crippen LogP contribution in [0.25, 0.3) is 0 Å². The molecule has 2 N–H and O–H groups in total. The van der Waals surface area contributed by atoms with Gasteiger partial charge in [-0.1, -0.05) is 19.1 Å². The van der Waals surface area contributed by atoms with Crippen LogP contribution in [-0.2, 0) is 30.9 Å². The number of fused-ring (bicyclic) bond motifs is 5. The molecule has 2 unspecified atom stereocenters. The van der Waals surface area contributed by atoms with Crippen molar-refractivity contribution in [3.63, 3.8) is 0 Å². The van der Waals surface area contributed by atoms with E-state index in [0.717, 1.165) is 73.7 Å². The van der Waals surface area contributed by atoms with E-state index in [1.54, 1.807) is 19.0 Å². The number of carbonyl (C=O) groups excluding carboxylic acids is 1. The topological polar surface area (TPSA) is 115 Å². The normalized spacial score (nSPS) is 33.1. The highest BCUT2D eigenvalue weighted by Gasteiger charge is 2.52. The summed E-state index contributed by atoms with van der Waals surface area (Å²) in [5.41, 5.74) is 9.82. The van der Waals surface area contributed by atoms with Gasteiger partial charge in [0.1, 0.15) is 18.6 Å². The zero-order valence-electron chi connectivity index (χ0n) is 27.8. The highest BCUT2D eigenvalue weighted by atomic mass is 19.1. The van der Waals surface area contributed by atoms with Crippen molar-refractivity contribution in [3.05, 3.63) is 52.6 Å². The Morgan fingerprint density at radius 2 is 2.09 bits per heavy atom. The van der Waals surface area contributed by atoms with Crippen LogP contribution >= 0.6 is 0 Å². The monoisotopic (exact) mass is 646 g/mol. The largest absolute Gasteiger partial charge is 0.461 e. The average Bonchev–Trinajstić information content (AvgIpc) is 3.68. The van der Waals surface area contributed by atoms with Crippen molar-refractivity contribution in [3.8, 4) is 6.01 Å². The van der Waals surface area contributed by atoms with Crippen LogP contribution < -0.4 is 15.4 Å². The van der Waals surface area contributed by atoms with Crippen LogP contribution in [0.5, 0.6) is 6.01 Å². The molecule has 1 saturated carbocycles. The Morgan fingerprint density at radius 3 is 2.94 bits per heavy atom. The summed E-state index contributed by atoms with van der Waals surface area (Å²) < 4.78 is 30.0. The summed E-state index contributed by atoms with van der Waals surface area (Å²) in [5, 5.41) is 4.64. The molecule has 1 amide bonds. The molecule has 2 aliphatic carbocycles. The molecule has 6 atom stereocenters. The van der Waals surface area contributed by atoms with E-state index in [-0.39, 0.29) is 17.4 Å². The third-order valence-corrected chi connectivity index (χ3v) is 11.8. The zero-order chi connectivity index (χ0) is 32.5. The van der Waals surface area contributed by atoms with Gasteiger partial charge in [-0.15, -0.1) is 0 Å². The van der Waals surface area contributed by atoms with Crippen molar-refractivity contribution in [2.45, 2.75) is 88.9 Å². The lowest BCUT2D eigenvalue weighted by atomic mass is 9.61. The van der Waals surface area contributed by atoms with Gasteiger partial charge in [0.15, 0.2) is 5.69 Å². The smallest absolute Gasteiger partial charge is 0.318 e. The van der Waals surface area contributed by atoms with Crippen LogP contribution in [0.1, 0.15) is 72.9 Å². The Morgan fingerprint density at radius 1 is 1.21 bits per heavy atom. The Bertz CT molecular complexity index is 1620. The summed E-state index contributed by atoms with van der Waals surface area (Å²) in [6, 6.07) is 2.25. The van der Waals surface area contributed by atoms with E-state index >= 15 is 0 Å². The van der Waals surface area contributed by atoms with Gasteiger partial charge in [0.2, 0.25) is 0 Å². The number of allylic oxidation sites excluding steroid dienone is 2. The number of hydrogen-bond donors (Lipinski definition) is 1. The number of anilines is 1. The van der Waals surface area contributed by atoms with E-state index in [2.05, 4.69) is 34.0 Å². The molecule has 8 rings (SSSR count). The van der Waals surface area contributed by atoms with E-state index in [4.69, 9.17) is 25.2 Å². The zero-order valence-corrected chi connectivity index (χ0v) is 27.8. The number of carbonyl (C=O) groups is 1. The fourth-order valence-electron chi connectivity index (χ4n) is 9.26. The van der Waals surface area contributed by atoms with Crippen LogP contribution in [0, 0.1) is 17.8 Å². The number of hydrogen-bond acceptors (Lipinski definition) is 9. The summed E-state index contributed by atoms with van der Waals surface area (Å²) in [4.78, 5) is 29.0. The highest BCUT2D eigenvalue weighted by molar-refractivity contribution is 5.92. The fourth-order valence-corrected chi connectivity index (χ4v) is 9.26.